The van der Waals surface area contributed by atoms with Crippen LogP contribution in [0.4, 0.5) is 0 Å². The van der Waals surface area contributed by atoms with Crippen molar-refractivity contribution in [1.82, 2.24) is 10.6 Å². The van der Waals surface area contributed by atoms with Crippen LogP contribution in [0.25, 0.3) is 11.1 Å². The summed E-state index contributed by atoms with van der Waals surface area (Å²) in [5, 5.41) is 16.1. The van der Waals surface area contributed by atoms with Crippen LogP contribution in [0, 0.1) is 12.8 Å². The molecule has 0 saturated heterocycles. The number of hydrogen-bond acceptors (Lipinski definition) is 4. The van der Waals surface area contributed by atoms with Crippen LogP contribution in [0.2, 0.25) is 0 Å². The molecule has 0 spiro atoms. The van der Waals surface area contributed by atoms with E-state index in [0.717, 1.165) is 28.2 Å². The van der Waals surface area contributed by atoms with Gasteiger partial charge in [-0.05, 0) is 85.9 Å². The lowest BCUT2D eigenvalue weighted by Gasteiger charge is -2.33. The van der Waals surface area contributed by atoms with Crippen molar-refractivity contribution in [3.8, 4) is 11.1 Å². The van der Waals surface area contributed by atoms with Crippen LogP contribution in [0.3, 0.4) is 0 Å². The molecule has 6 heteroatoms. The molecule has 0 unspecified atom stereocenters. The van der Waals surface area contributed by atoms with Crippen molar-refractivity contribution >= 4 is 23.6 Å². The van der Waals surface area contributed by atoms with Crippen molar-refractivity contribution in [2.24, 2.45) is 5.92 Å². The summed E-state index contributed by atoms with van der Waals surface area (Å²) in [6.07, 6.45) is 10.2. The van der Waals surface area contributed by atoms with Crippen molar-refractivity contribution in [3.63, 3.8) is 0 Å². The Morgan fingerprint density at radius 3 is 2.47 bits per heavy atom. The molecule has 2 aromatic rings. The van der Waals surface area contributed by atoms with E-state index >= 15 is 0 Å². The molecule has 1 saturated carbocycles. The number of aliphatic carboxylic acids is 1. The number of aryl methyl sites for hydroxylation is 1. The third-order valence-electron chi connectivity index (χ3n) is 7.27. The van der Waals surface area contributed by atoms with Crippen molar-refractivity contribution in [2.45, 2.75) is 83.8 Å². The Kier molecular flexibility index (Phi) is 10.4. The molecule has 0 bridgehead atoms. The van der Waals surface area contributed by atoms with Gasteiger partial charge in [-0.3, -0.25) is 4.79 Å². The predicted octanol–water partition coefficient (Wildman–Crippen LogP) is 6.44. The summed E-state index contributed by atoms with van der Waals surface area (Å²) < 4.78 is 0. The summed E-state index contributed by atoms with van der Waals surface area (Å²) in [6.45, 7) is 7.32. The zero-order chi connectivity index (χ0) is 26.1. The van der Waals surface area contributed by atoms with E-state index < -0.39 is 12.0 Å². The average Bonchev–Trinajstić information content (AvgIpc) is 2.85. The molecule has 1 fully saturated rings. The molecule has 3 rings (SSSR count). The maximum Gasteiger partial charge on any atom is 0.326 e. The quantitative estimate of drug-likeness (QED) is 0.306. The first kappa shape index (κ1) is 28.3. The summed E-state index contributed by atoms with van der Waals surface area (Å²) in [5.41, 5.74) is 4.55. The molecule has 3 N–H and O–H groups in total. The summed E-state index contributed by atoms with van der Waals surface area (Å²) in [4.78, 5) is 25.0. The Morgan fingerprint density at radius 1 is 1.08 bits per heavy atom. The number of carboxylic acids is 1. The standard InChI is InChI=1S/C30H42N2O3S/c1-21-10-8-9-13-24(21)26-18-23(20-31-30(2,3)19-22-11-6-5-7-12-22)14-15-25(26)28(33)32-27(29(34)35)16-17-36-4/h8-10,13-15,18,22,27,31H,5-7,11-12,16-17,19-20H2,1-4H3,(H,32,33)(H,34,35)/t27-/m0/s1. The van der Waals surface area contributed by atoms with Gasteiger partial charge >= 0.3 is 5.97 Å². The molecule has 36 heavy (non-hydrogen) atoms. The van der Waals surface area contributed by atoms with Gasteiger partial charge in [0.2, 0.25) is 0 Å². The fourth-order valence-corrected chi connectivity index (χ4v) is 5.72. The highest BCUT2D eigenvalue weighted by Crippen LogP contribution is 2.31. The second-order valence-corrected chi connectivity index (χ2v) is 11.8. The number of hydrogen-bond donors (Lipinski definition) is 3. The monoisotopic (exact) mass is 510 g/mol. The predicted molar refractivity (Wildman–Crippen MR) is 151 cm³/mol. The van der Waals surface area contributed by atoms with Gasteiger partial charge in [0, 0.05) is 17.6 Å². The lowest BCUT2D eigenvalue weighted by atomic mass is 9.81. The fraction of sp³-hybridized carbons (Fsp3) is 0.533. The normalized spacial score (nSPS) is 15.4. The highest BCUT2D eigenvalue weighted by Gasteiger charge is 2.25. The lowest BCUT2D eigenvalue weighted by Crippen LogP contribution is -2.41. The molecule has 0 aromatic heterocycles. The number of rotatable bonds is 12. The van der Waals surface area contributed by atoms with E-state index in [-0.39, 0.29) is 11.4 Å². The van der Waals surface area contributed by atoms with Crippen LogP contribution in [-0.4, -0.2) is 40.6 Å². The van der Waals surface area contributed by atoms with Gasteiger partial charge in [-0.25, -0.2) is 4.79 Å². The largest absolute Gasteiger partial charge is 0.480 e. The second-order valence-electron chi connectivity index (χ2n) is 10.8. The van der Waals surface area contributed by atoms with Crippen LogP contribution in [0.5, 0.6) is 0 Å². The van der Waals surface area contributed by atoms with Crippen molar-refractivity contribution in [3.05, 3.63) is 59.2 Å². The molecule has 0 heterocycles. The summed E-state index contributed by atoms with van der Waals surface area (Å²) in [5.74, 6) is 0.112. The number of carboxylic acid groups (broad SMARTS) is 1. The first-order valence-electron chi connectivity index (χ1n) is 13.2. The molecular formula is C30H42N2O3S. The molecule has 2 aromatic carbocycles. The molecular weight excluding hydrogens is 468 g/mol. The number of amides is 1. The maximum atomic E-state index is 13.3. The SMILES string of the molecule is CSCC[C@H](NC(=O)c1ccc(CNC(C)(C)CC2CCCCC2)cc1-c1ccccc1C)C(=O)O. The fourth-order valence-electron chi connectivity index (χ4n) is 5.25. The Hall–Kier alpha value is -2.31. The zero-order valence-corrected chi connectivity index (χ0v) is 23.0. The van der Waals surface area contributed by atoms with Gasteiger partial charge in [0.05, 0.1) is 0 Å². The molecule has 0 aliphatic heterocycles. The number of benzene rings is 2. The third-order valence-corrected chi connectivity index (χ3v) is 7.92. The van der Waals surface area contributed by atoms with E-state index in [2.05, 4.69) is 30.5 Å². The molecule has 1 atom stereocenters. The van der Waals surface area contributed by atoms with Gasteiger partial charge < -0.3 is 15.7 Å². The van der Waals surface area contributed by atoms with Crippen LogP contribution in [0.15, 0.2) is 42.5 Å². The Labute approximate surface area is 220 Å². The number of thioether (sulfide) groups is 1. The van der Waals surface area contributed by atoms with E-state index in [4.69, 9.17) is 0 Å². The van der Waals surface area contributed by atoms with E-state index in [1.807, 2.05) is 49.6 Å². The number of carbonyl (C=O) groups is 2. The zero-order valence-electron chi connectivity index (χ0n) is 22.2. The van der Waals surface area contributed by atoms with Crippen LogP contribution < -0.4 is 10.6 Å². The maximum absolute atomic E-state index is 13.3. The third kappa shape index (κ3) is 8.10. The van der Waals surface area contributed by atoms with E-state index in [1.54, 1.807) is 11.8 Å². The van der Waals surface area contributed by atoms with Gasteiger partial charge in [-0.15, -0.1) is 0 Å². The van der Waals surface area contributed by atoms with Gasteiger partial charge in [-0.2, -0.15) is 11.8 Å². The minimum absolute atomic E-state index is 0.0346. The molecule has 196 valence electrons. The topological polar surface area (TPSA) is 78.4 Å². The van der Waals surface area contributed by atoms with E-state index in [1.165, 1.54) is 38.5 Å². The van der Waals surface area contributed by atoms with Crippen LogP contribution in [0.1, 0.15) is 80.3 Å². The Bertz CT molecular complexity index is 1030. The van der Waals surface area contributed by atoms with E-state index in [0.29, 0.717) is 24.3 Å². The minimum atomic E-state index is -1.00. The average molecular weight is 511 g/mol. The number of carbonyl (C=O) groups excluding carboxylic acids is 1. The molecule has 1 amide bonds. The number of nitrogens with one attached hydrogen (secondary N) is 2. The van der Waals surface area contributed by atoms with Gasteiger partial charge in [0.15, 0.2) is 0 Å². The molecule has 1 aliphatic carbocycles. The van der Waals surface area contributed by atoms with Gasteiger partial charge in [0.25, 0.3) is 5.91 Å². The first-order valence-corrected chi connectivity index (χ1v) is 14.6. The van der Waals surface area contributed by atoms with Gasteiger partial charge in [0.1, 0.15) is 6.04 Å². The van der Waals surface area contributed by atoms with Gasteiger partial charge in [-0.1, -0.05) is 62.4 Å². The van der Waals surface area contributed by atoms with Crippen molar-refractivity contribution in [1.29, 1.82) is 0 Å². The summed E-state index contributed by atoms with van der Waals surface area (Å²) >= 11 is 1.57. The highest BCUT2D eigenvalue weighted by molar-refractivity contribution is 7.98. The lowest BCUT2D eigenvalue weighted by molar-refractivity contribution is -0.139. The van der Waals surface area contributed by atoms with E-state index in [9.17, 15) is 14.7 Å². The van der Waals surface area contributed by atoms with Crippen LogP contribution in [-0.2, 0) is 11.3 Å². The molecule has 5 nitrogen and oxygen atoms in total. The summed E-state index contributed by atoms with van der Waals surface area (Å²) in [6, 6.07) is 13.0. The minimum Gasteiger partial charge on any atom is -0.480 e. The second kappa shape index (κ2) is 13.3. The molecule has 0 radical (unpaired) electrons. The highest BCUT2D eigenvalue weighted by atomic mass is 32.2. The Morgan fingerprint density at radius 2 is 1.81 bits per heavy atom. The molecule has 1 aliphatic rings. The smallest absolute Gasteiger partial charge is 0.326 e. The van der Waals surface area contributed by atoms with Crippen molar-refractivity contribution < 1.29 is 14.7 Å². The summed E-state index contributed by atoms with van der Waals surface area (Å²) in [7, 11) is 0. The Balaban J connectivity index is 1.82. The first-order chi connectivity index (χ1) is 17.2. The van der Waals surface area contributed by atoms with Crippen LogP contribution >= 0.6 is 11.8 Å². The van der Waals surface area contributed by atoms with Crippen molar-refractivity contribution in [2.75, 3.05) is 12.0 Å².